The third-order valence-corrected chi connectivity index (χ3v) is 5.02. The Morgan fingerprint density at radius 2 is 1.86 bits per heavy atom. The van der Waals surface area contributed by atoms with E-state index in [2.05, 4.69) is 20.8 Å². The predicted molar refractivity (Wildman–Crippen MR) is 79.9 cm³/mol. The molecule has 0 radical (unpaired) electrons. The first-order valence-electron chi connectivity index (χ1n) is 7.66. The molecule has 3 unspecified atom stereocenters. The van der Waals surface area contributed by atoms with Crippen molar-refractivity contribution < 1.29 is 24.5 Å². The van der Waals surface area contributed by atoms with Crippen molar-refractivity contribution in [2.24, 2.45) is 10.8 Å². The minimum absolute atomic E-state index is 0.0545. The fraction of sp³-hybridized carbons (Fsp3) is 0.938. The molecule has 124 valence electrons. The Balaban J connectivity index is 2.82. The van der Waals surface area contributed by atoms with Gasteiger partial charge in [-0.15, -0.1) is 0 Å². The molecule has 4 atom stereocenters. The summed E-state index contributed by atoms with van der Waals surface area (Å²) >= 11 is 0. The molecule has 0 amide bonds. The molecule has 0 saturated carbocycles. The second-order valence-corrected chi connectivity index (χ2v) is 7.61. The number of carbonyl (C=O) groups is 1. The number of carboxylic acid groups (broad SMARTS) is 1. The largest absolute Gasteiger partial charge is 0.481 e. The highest BCUT2D eigenvalue weighted by atomic mass is 16.7. The van der Waals surface area contributed by atoms with E-state index in [1.165, 1.54) is 0 Å². The molecular formula is C16H30O5. The first-order valence-corrected chi connectivity index (χ1v) is 7.66. The van der Waals surface area contributed by atoms with Crippen LogP contribution in [0, 0.1) is 10.8 Å². The Hall–Kier alpha value is -0.650. The quantitative estimate of drug-likeness (QED) is 0.816. The molecule has 1 aliphatic rings. The molecule has 1 heterocycles. The maximum atomic E-state index is 11.2. The summed E-state index contributed by atoms with van der Waals surface area (Å²) < 4.78 is 11.7. The number of aliphatic hydroxyl groups is 1. The van der Waals surface area contributed by atoms with Crippen LogP contribution in [0.3, 0.4) is 0 Å². The van der Waals surface area contributed by atoms with E-state index in [9.17, 15) is 15.0 Å². The number of ether oxygens (including phenoxy) is 2. The van der Waals surface area contributed by atoms with Crippen LogP contribution in [0.4, 0.5) is 0 Å². The summed E-state index contributed by atoms with van der Waals surface area (Å²) in [6.07, 6.45) is -0.507. The molecule has 5 nitrogen and oxygen atoms in total. The van der Waals surface area contributed by atoms with Crippen molar-refractivity contribution >= 4 is 5.97 Å². The molecule has 1 fully saturated rings. The van der Waals surface area contributed by atoms with Crippen molar-refractivity contribution in [3.63, 3.8) is 0 Å². The van der Waals surface area contributed by atoms with Crippen molar-refractivity contribution in [2.45, 2.75) is 85.4 Å². The zero-order valence-corrected chi connectivity index (χ0v) is 14.0. The van der Waals surface area contributed by atoms with Crippen LogP contribution in [0.25, 0.3) is 0 Å². The Bertz CT molecular complexity index is 358. The molecule has 0 spiro atoms. The fourth-order valence-electron chi connectivity index (χ4n) is 2.34. The number of aliphatic hydroxyl groups excluding tert-OH is 1. The van der Waals surface area contributed by atoms with Gasteiger partial charge in [-0.25, -0.2) is 0 Å². The maximum Gasteiger partial charge on any atom is 0.306 e. The van der Waals surface area contributed by atoms with Crippen molar-refractivity contribution in [1.82, 2.24) is 0 Å². The molecule has 21 heavy (non-hydrogen) atoms. The minimum Gasteiger partial charge on any atom is -0.481 e. The van der Waals surface area contributed by atoms with Crippen LogP contribution in [-0.4, -0.2) is 40.8 Å². The third kappa shape index (κ3) is 4.66. The highest BCUT2D eigenvalue weighted by molar-refractivity contribution is 5.67. The Morgan fingerprint density at radius 3 is 2.29 bits per heavy atom. The van der Waals surface area contributed by atoms with Gasteiger partial charge in [0, 0.05) is 6.42 Å². The van der Waals surface area contributed by atoms with Crippen molar-refractivity contribution in [1.29, 1.82) is 0 Å². The van der Waals surface area contributed by atoms with Gasteiger partial charge in [0.1, 0.15) is 0 Å². The van der Waals surface area contributed by atoms with Gasteiger partial charge in [0.05, 0.1) is 24.7 Å². The van der Waals surface area contributed by atoms with Crippen LogP contribution in [0.15, 0.2) is 0 Å². The summed E-state index contributed by atoms with van der Waals surface area (Å²) in [6.45, 7) is 12.1. The van der Waals surface area contributed by atoms with E-state index in [4.69, 9.17) is 9.47 Å². The average molecular weight is 302 g/mol. The van der Waals surface area contributed by atoms with Gasteiger partial charge in [0.25, 0.3) is 0 Å². The van der Waals surface area contributed by atoms with Crippen LogP contribution < -0.4 is 0 Å². The lowest BCUT2D eigenvalue weighted by Gasteiger charge is -2.46. The van der Waals surface area contributed by atoms with Crippen molar-refractivity contribution in [3.05, 3.63) is 0 Å². The molecule has 0 aromatic heterocycles. The topological polar surface area (TPSA) is 76.0 Å². The van der Waals surface area contributed by atoms with E-state index in [0.717, 1.165) is 0 Å². The van der Waals surface area contributed by atoms with Gasteiger partial charge in [-0.1, -0.05) is 34.6 Å². The normalized spacial score (nSPS) is 29.2. The van der Waals surface area contributed by atoms with Gasteiger partial charge >= 0.3 is 5.97 Å². The maximum absolute atomic E-state index is 11.2. The molecule has 1 rings (SSSR count). The first kappa shape index (κ1) is 18.4. The summed E-state index contributed by atoms with van der Waals surface area (Å²) in [6, 6.07) is 0. The Morgan fingerprint density at radius 1 is 1.29 bits per heavy atom. The van der Waals surface area contributed by atoms with Crippen molar-refractivity contribution in [2.75, 3.05) is 0 Å². The molecule has 1 aliphatic heterocycles. The molecule has 0 aliphatic carbocycles. The van der Waals surface area contributed by atoms with Gasteiger partial charge in [-0.2, -0.15) is 0 Å². The van der Waals surface area contributed by atoms with Crippen LogP contribution in [0.2, 0.25) is 0 Å². The highest BCUT2D eigenvalue weighted by Crippen LogP contribution is 2.44. The van der Waals surface area contributed by atoms with E-state index in [0.29, 0.717) is 12.8 Å². The van der Waals surface area contributed by atoms with E-state index in [1.54, 1.807) is 6.92 Å². The van der Waals surface area contributed by atoms with Crippen LogP contribution in [0.1, 0.15) is 60.8 Å². The smallest absolute Gasteiger partial charge is 0.306 e. The monoisotopic (exact) mass is 302 g/mol. The predicted octanol–water partition coefficient (Wildman–Crippen LogP) is 2.80. The van der Waals surface area contributed by atoms with Gasteiger partial charge in [0.15, 0.2) is 6.29 Å². The minimum atomic E-state index is -0.874. The first-order chi connectivity index (χ1) is 9.45. The van der Waals surface area contributed by atoms with E-state index in [1.807, 2.05) is 13.8 Å². The molecule has 0 aromatic carbocycles. The standard InChI is InChI=1S/C16H30O5/c1-10-11(17)7-8-14(20-10)21-12(9-13(18)19)16(5,6)15(2,3)4/h10-12,14,17H,7-9H2,1-6H3,(H,18,19)/t10-,11?,12?,14?/m0/s1. The van der Waals surface area contributed by atoms with Gasteiger partial charge in [-0.05, 0) is 24.2 Å². The molecule has 2 N–H and O–H groups in total. The Labute approximate surface area is 127 Å². The highest BCUT2D eigenvalue weighted by Gasteiger charge is 2.43. The van der Waals surface area contributed by atoms with Crippen LogP contribution >= 0.6 is 0 Å². The number of carboxylic acids is 1. The number of hydrogen-bond acceptors (Lipinski definition) is 4. The second kappa shape index (κ2) is 6.63. The fourth-order valence-corrected chi connectivity index (χ4v) is 2.34. The van der Waals surface area contributed by atoms with Crippen LogP contribution in [-0.2, 0) is 14.3 Å². The molecular weight excluding hydrogens is 272 g/mol. The zero-order chi connectivity index (χ0) is 16.4. The van der Waals surface area contributed by atoms with E-state index >= 15 is 0 Å². The average Bonchev–Trinajstić information content (AvgIpc) is 2.31. The summed E-state index contributed by atoms with van der Waals surface area (Å²) in [7, 11) is 0. The van der Waals surface area contributed by atoms with Crippen LogP contribution in [0.5, 0.6) is 0 Å². The molecule has 1 saturated heterocycles. The van der Waals surface area contributed by atoms with Gasteiger partial charge < -0.3 is 19.7 Å². The summed E-state index contributed by atoms with van der Waals surface area (Å²) in [4.78, 5) is 11.2. The number of aliphatic carboxylic acids is 1. The number of hydrogen-bond donors (Lipinski definition) is 2. The SMILES string of the molecule is C[C@@H]1OC(OC(CC(=O)O)C(C)(C)C(C)(C)C)CCC1O. The second-order valence-electron chi connectivity index (χ2n) is 7.61. The molecule has 0 bridgehead atoms. The Kier molecular flexibility index (Phi) is 5.81. The lowest BCUT2D eigenvalue weighted by molar-refractivity contribution is -0.256. The lowest BCUT2D eigenvalue weighted by Crippen LogP contribution is -2.47. The third-order valence-electron chi connectivity index (χ3n) is 5.02. The summed E-state index contributed by atoms with van der Waals surface area (Å²) in [5.74, 6) is -0.874. The lowest BCUT2D eigenvalue weighted by atomic mass is 9.65. The molecule has 0 aromatic rings. The van der Waals surface area contributed by atoms with Gasteiger partial charge in [-0.3, -0.25) is 4.79 Å². The number of rotatable bonds is 5. The summed E-state index contributed by atoms with van der Waals surface area (Å²) in [5.41, 5.74) is -0.430. The van der Waals surface area contributed by atoms with Gasteiger partial charge in [0.2, 0.25) is 0 Å². The van der Waals surface area contributed by atoms with E-state index in [-0.39, 0.29) is 23.4 Å². The van der Waals surface area contributed by atoms with Crippen molar-refractivity contribution in [3.8, 4) is 0 Å². The van der Waals surface area contributed by atoms with E-state index < -0.39 is 24.5 Å². The summed E-state index contributed by atoms with van der Waals surface area (Å²) in [5, 5.41) is 18.9. The zero-order valence-electron chi connectivity index (χ0n) is 14.0. The molecule has 5 heteroatoms.